The number of amides is 1. The molecule has 0 spiro atoms. The molecule has 1 aromatic heterocycles. The summed E-state index contributed by atoms with van der Waals surface area (Å²) in [7, 11) is -3.37. The summed E-state index contributed by atoms with van der Waals surface area (Å²) in [4.78, 5) is 16.3. The Balaban J connectivity index is 2.03. The van der Waals surface area contributed by atoms with E-state index in [-0.39, 0.29) is 18.2 Å². The van der Waals surface area contributed by atoms with Crippen LogP contribution in [0.25, 0.3) is 0 Å². The molecule has 0 saturated heterocycles. The Morgan fingerprint density at radius 3 is 2.91 bits per heavy atom. The van der Waals surface area contributed by atoms with Crippen molar-refractivity contribution in [2.45, 2.75) is 25.8 Å². The summed E-state index contributed by atoms with van der Waals surface area (Å²) in [6, 6.07) is 5.10. The van der Waals surface area contributed by atoms with Gasteiger partial charge in [-0.15, -0.1) is 0 Å². The summed E-state index contributed by atoms with van der Waals surface area (Å²) < 4.78 is 26.9. The van der Waals surface area contributed by atoms with E-state index in [2.05, 4.69) is 20.1 Å². The molecule has 9 heteroatoms. The first kappa shape index (κ1) is 15.5. The van der Waals surface area contributed by atoms with E-state index in [1.807, 2.05) is 13.0 Å². The highest BCUT2D eigenvalue weighted by Gasteiger charge is 2.30. The fraction of sp³-hybridized carbons (Fsp3) is 0.357. The Bertz CT molecular complexity index is 859. The molecular formula is C14H17N5O3S. The Labute approximate surface area is 134 Å². The third-order valence-electron chi connectivity index (χ3n) is 3.65. The van der Waals surface area contributed by atoms with E-state index in [0.29, 0.717) is 17.9 Å². The van der Waals surface area contributed by atoms with Crippen LogP contribution >= 0.6 is 0 Å². The van der Waals surface area contributed by atoms with Gasteiger partial charge < -0.3 is 5.32 Å². The molecule has 3 rings (SSSR count). The average Bonchev–Trinajstić information content (AvgIpc) is 2.92. The molecule has 2 heterocycles. The average molecular weight is 335 g/mol. The molecule has 0 unspecified atom stereocenters. The Hall–Kier alpha value is -2.42. The van der Waals surface area contributed by atoms with Gasteiger partial charge in [0.25, 0.3) is 0 Å². The maximum Gasteiger partial charge on any atom is 0.229 e. The van der Waals surface area contributed by atoms with E-state index in [4.69, 9.17) is 0 Å². The number of nitrogens with zero attached hydrogens (tertiary/aromatic N) is 3. The van der Waals surface area contributed by atoms with Crippen molar-refractivity contribution in [3.8, 4) is 0 Å². The van der Waals surface area contributed by atoms with Crippen LogP contribution in [0.15, 0.2) is 24.5 Å². The highest BCUT2D eigenvalue weighted by Crippen LogP contribution is 2.37. The number of anilines is 2. The zero-order valence-electron chi connectivity index (χ0n) is 12.8. The van der Waals surface area contributed by atoms with Crippen LogP contribution < -0.4 is 10.0 Å². The molecule has 122 valence electrons. The highest BCUT2D eigenvalue weighted by atomic mass is 32.2. The fourth-order valence-electron chi connectivity index (χ4n) is 2.76. The summed E-state index contributed by atoms with van der Waals surface area (Å²) in [6.45, 7) is 2.62. The van der Waals surface area contributed by atoms with Crippen LogP contribution in [0.5, 0.6) is 0 Å². The lowest BCUT2D eigenvalue weighted by Gasteiger charge is -2.25. The first-order chi connectivity index (χ1) is 10.9. The highest BCUT2D eigenvalue weighted by molar-refractivity contribution is 7.92. The summed E-state index contributed by atoms with van der Waals surface area (Å²) in [5.74, 6) is 0.394. The largest absolute Gasteiger partial charge is 0.326 e. The minimum Gasteiger partial charge on any atom is -0.326 e. The number of sulfonamides is 1. The van der Waals surface area contributed by atoms with Gasteiger partial charge >= 0.3 is 0 Å². The van der Waals surface area contributed by atoms with Crippen LogP contribution in [0.2, 0.25) is 0 Å². The monoisotopic (exact) mass is 335 g/mol. The molecule has 1 aromatic carbocycles. The molecule has 0 saturated carbocycles. The predicted molar refractivity (Wildman–Crippen MR) is 85.7 cm³/mol. The van der Waals surface area contributed by atoms with Crippen molar-refractivity contribution in [1.29, 1.82) is 0 Å². The number of hydrogen-bond donors (Lipinski definition) is 2. The van der Waals surface area contributed by atoms with Crippen molar-refractivity contribution in [3.63, 3.8) is 0 Å². The van der Waals surface area contributed by atoms with Gasteiger partial charge in [-0.25, -0.2) is 18.1 Å². The summed E-state index contributed by atoms with van der Waals surface area (Å²) in [5, 5.41) is 6.94. The van der Waals surface area contributed by atoms with Crippen molar-refractivity contribution in [2.24, 2.45) is 0 Å². The summed E-state index contributed by atoms with van der Waals surface area (Å²) in [5.41, 5.74) is 1.89. The lowest BCUT2D eigenvalue weighted by atomic mass is 9.89. The van der Waals surface area contributed by atoms with Crippen LogP contribution in [-0.2, 0) is 21.4 Å². The number of aromatic nitrogens is 3. The molecule has 8 nitrogen and oxygen atoms in total. The Kier molecular flexibility index (Phi) is 3.80. The number of rotatable bonds is 4. The standard InChI is InChI=1S/C14H17N5O3S/c1-3-19-14(15-8-16-19)11-7-13(20)17-12-6-9(4-5-10(11)12)18-23(2,21)22/h4-6,8,11,18H,3,7H2,1-2H3,(H,17,20)/t11-/m0/s1. The van der Waals surface area contributed by atoms with Crippen molar-refractivity contribution >= 4 is 27.3 Å². The predicted octanol–water partition coefficient (Wildman–Crippen LogP) is 1.14. The molecule has 23 heavy (non-hydrogen) atoms. The van der Waals surface area contributed by atoms with Crippen LogP contribution in [0.4, 0.5) is 11.4 Å². The lowest BCUT2D eigenvalue weighted by molar-refractivity contribution is -0.116. The first-order valence-electron chi connectivity index (χ1n) is 7.16. The molecule has 1 amide bonds. The van der Waals surface area contributed by atoms with E-state index >= 15 is 0 Å². The van der Waals surface area contributed by atoms with Gasteiger partial charge in [-0.2, -0.15) is 5.10 Å². The van der Waals surface area contributed by atoms with Crippen LogP contribution in [0.3, 0.4) is 0 Å². The Morgan fingerprint density at radius 2 is 2.22 bits per heavy atom. The molecule has 0 aliphatic carbocycles. The fourth-order valence-corrected chi connectivity index (χ4v) is 3.31. The van der Waals surface area contributed by atoms with E-state index in [0.717, 1.165) is 17.6 Å². The van der Waals surface area contributed by atoms with E-state index in [9.17, 15) is 13.2 Å². The lowest BCUT2D eigenvalue weighted by Crippen LogP contribution is -2.25. The second-order valence-corrected chi connectivity index (χ2v) is 7.16. The normalized spacial score (nSPS) is 17.5. The maximum atomic E-state index is 12.0. The zero-order valence-corrected chi connectivity index (χ0v) is 13.6. The smallest absolute Gasteiger partial charge is 0.229 e. The second-order valence-electron chi connectivity index (χ2n) is 5.42. The third kappa shape index (κ3) is 3.19. The van der Waals surface area contributed by atoms with E-state index < -0.39 is 10.0 Å². The van der Waals surface area contributed by atoms with Crippen molar-refractivity contribution in [1.82, 2.24) is 14.8 Å². The van der Waals surface area contributed by atoms with E-state index in [1.165, 1.54) is 6.33 Å². The number of aryl methyl sites for hydroxylation is 1. The quantitative estimate of drug-likeness (QED) is 0.871. The Morgan fingerprint density at radius 1 is 1.43 bits per heavy atom. The van der Waals surface area contributed by atoms with Gasteiger partial charge in [0, 0.05) is 18.7 Å². The van der Waals surface area contributed by atoms with Gasteiger partial charge in [-0.3, -0.25) is 9.52 Å². The minimum absolute atomic E-state index is 0.135. The van der Waals surface area contributed by atoms with Crippen molar-refractivity contribution in [2.75, 3.05) is 16.3 Å². The van der Waals surface area contributed by atoms with Crippen LogP contribution in [0.1, 0.15) is 30.7 Å². The summed E-state index contributed by atoms with van der Waals surface area (Å²) >= 11 is 0. The molecule has 0 fully saturated rings. The van der Waals surface area contributed by atoms with Gasteiger partial charge in [0.1, 0.15) is 12.2 Å². The number of carbonyl (C=O) groups is 1. The van der Waals surface area contributed by atoms with Gasteiger partial charge in [-0.05, 0) is 24.6 Å². The molecule has 2 aromatic rings. The van der Waals surface area contributed by atoms with Gasteiger partial charge in [0.2, 0.25) is 15.9 Å². The summed E-state index contributed by atoms with van der Waals surface area (Å²) in [6.07, 6.45) is 2.84. The SMILES string of the molecule is CCn1ncnc1[C@H]1CC(=O)Nc2cc(NS(C)(=O)=O)ccc21. The number of benzene rings is 1. The number of carbonyl (C=O) groups excluding carboxylic acids is 1. The number of fused-ring (bicyclic) bond motifs is 1. The number of nitrogens with one attached hydrogen (secondary N) is 2. The molecule has 0 radical (unpaired) electrons. The maximum absolute atomic E-state index is 12.0. The zero-order chi connectivity index (χ0) is 16.6. The van der Waals surface area contributed by atoms with Crippen LogP contribution in [0, 0.1) is 0 Å². The van der Waals surface area contributed by atoms with Crippen molar-refractivity contribution in [3.05, 3.63) is 35.9 Å². The molecule has 1 aliphatic rings. The van der Waals surface area contributed by atoms with Gasteiger partial charge in [-0.1, -0.05) is 6.07 Å². The third-order valence-corrected chi connectivity index (χ3v) is 4.26. The molecule has 0 bridgehead atoms. The number of hydrogen-bond acceptors (Lipinski definition) is 5. The molecular weight excluding hydrogens is 318 g/mol. The van der Waals surface area contributed by atoms with Crippen LogP contribution in [-0.4, -0.2) is 35.3 Å². The second kappa shape index (κ2) is 5.65. The van der Waals surface area contributed by atoms with Gasteiger partial charge in [0.05, 0.1) is 17.9 Å². The molecule has 1 aliphatic heterocycles. The minimum atomic E-state index is -3.37. The topological polar surface area (TPSA) is 106 Å². The first-order valence-corrected chi connectivity index (χ1v) is 9.06. The molecule has 1 atom stereocenters. The van der Waals surface area contributed by atoms with E-state index in [1.54, 1.807) is 16.8 Å². The van der Waals surface area contributed by atoms with Crippen molar-refractivity contribution < 1.29 is 13.2 Å². The molecule has 2 N–H and O–H groups in total. The van der Waals surface area contributed by atoms with Gasteiger partial charge in [0.15, 0.2) is 0 Å².